The molecule has 3 rings (SSSR count). The number of para-hydroxylation sites is 1. The molecule has 1 aliphatic rings. The molecule has 1 amide bonds. The van der Waals surface area contributed by atoms with Gasteiger partial charge in [0, 0.05) is 12.8 Å². The summed E-state index contributed by atoms with van der Waals surface area (Å²) in [6.07, 6.45) is 0.707. The number of carboxylic acids is 1. The lowest BCUT2D eigenvalue weighted by Crippen LogP contribution is -2.47. The zero-order valence-corrected chi connectivity index (χ0v) is 19.2. The van der Waals surface area contributed by atoms with Crippen molar-refractivity contribution in [2.45, 2.75) is 51.3 Å². The summed E-state index contributed by atoms with van der Waals surface area (Å²) in [5.41, 5.74) is 7.27. The molecule has 2 aromatic carbocycles. The summed E-state index contributed by atoms with van der Waals surface area (Å²) < 4.78 is 10.0. The predicted molar refractivity (Wildman–Crippen MR) is 124 cm³/mol. The second kappa shape index (κ2) is 12.6. The third-order valence-electron chi connectivity index (χ3n) is 5.07. The van der Waals surface area contributed by atoms with Crippen LogP contribution in [0.2, 0.25) is 0 Å². The first-order valence-corrected chi connectivity index (χ1v) is 10.9. The van der Waals surface area contributed by atoms with Crippen LogP contribution >= 0.6 is 0 Å². The Kier molecular flexibility index (Phi) is 9.87. The highest BCUT2D eigenvalue weighted by molar-refractivity contribution is 5.87. The van der Waals surface area contributed by atoms with E-state index in [1.807, 2.05) is 62.4 Å². The van der Waals surface area contributed by atoms with Crippen LogP contribution in [0.1, 0.15) is 31.4 Å². The van der Waals surface area contributed by atoms with Crippen molar-refractivity contribution in [3.05, 3.63) is 65.7 Å². The van der Waals surface area contributed by atoms with Crippen LogP contribution in [0.25, 0.3) is 0 Å². The van der Waals surface area contributed by atoms with Crippen LogP contribution in [-0.4, -0.2) is 48.2 Å². The van der Waals surface area contributed by atoms with Gasteiger partial charge < -0.3 is 25.6 Å². The first-order valence-electron chi connectivity index (χ1n) is 10.9. The van der Waals surface area contributed by atoms with Gasteiger partial charge in [-0.05, 0) is 29.5 Å². The summed E-state index contributed by atoms with van der Waals surface area (Å²) in [5, 5.41) is 11.9. The number of methoxy groups -OCH3 is 1. The molecule has 0 radical (unpaired) electrons. The maximum atomic E-state index is 12.3. The van der Waals surface area contributed by atoms with Crippen molar-refractivity contribution in [2.75, 3.05) is 7.11 Å². The number of nitrogens with two attached hydrogens (primary N) is 1. The van der Waals surface area contributed by atoms with Gasteiger partial charge in [0.1, 0.15) is 17.8 Å². The number of ether oxygens (including phenoxy) is 2. The summed E-state index contributed by atoms with van der Waals surface area (Å²) in [6, 6.07) is 15.2. The van der Waals surface area contributed by atoms with E-state index in [-0.39, 0.29) is 12.4 Å². The van der Waals surface area contributed by atoms with E-state index < -0.39 is 30.1 Å². The van der Waals surface area contributed by atoms with Crippen molar-refractivity contribution in [3.8, 4) is 5.75 Å². The number of aliphatic carboxylic acids is 1. The minimum atomic E-state index is -1.06. The average molecular weight is 457 g/mol. The number of esters is 1. The largest absolute Gasteiger partial charge is 0.480 e. The minimum absolute atomic E-state index is 0.238. The number of carbonyl (C=O) groups is 3. The maximum Gasteiger partial charge on any atom is 0.326 e. The molecule has 1 aliphatic heterocycles. The Morgan fingerprint density at radius 3 is 2.33 bits per heavy atom. The van der Waals surface area contributed by atoms with Crippen molar-refractivity contribution in [3.63, 3.8) is 0 Å². The molecule has 0 saturated heterocycles. The number of carbonyl (C=O) groups excluding carboxylic acids is 2. The number of carboxylic acid groups (broad SMARTS) is 1. The van der Waals surface area contributed by atoms with Crippen LogP contribution in [0.3, 0.4) is 0 Å². The Morgan fingerprint density at radius 2 is 1.76 bits per heavy atom. The zero-order chi connectivity index (χ0) is 24.4. The number of amides is 1. The summed E-state index contributed by atoms with van der Waals surface area (Å²) in [7, 11) is 1.35. The topological polar surface area (TPSA) is 128 Å². The minimum Gasteiger partial charge on any atom is -0.480 e. The Morgan fingerprint density at radius 1 is 1.12 bits per heavy atom. The predicted octanol–water partition coefficient (Wildman–Crippen LogP) is 2.34. The number of rotatable bonds is 8. The van der Waals surface area contributed by atoms with Gasteiger partial charge in [0.15, 0.2) is 6.10 Å². The smallest absolute Gasteiger partial charge is 0.326 e. The highest BCUT2D eigenvalue weighted by atomic mass is 16.5. The van der Waals surface area contributed by atoms with E-state index in [1.54, 1.807) is 6.07 Å². The fraction of sp³-hybridized carbons (Fsp3) is 0.400. The van der Waals surface area contributed by atoms with Gasteiger partial charge in [-0.2, -0.15) is 0 Å². The van der Waals surface area contributed by atoms with Gasteiger partial charge in [-0.1, -0.05) is 62.4 Å². The molecule has 2 aromatic rings. The second-order valence-electron chi connectivity index (χ2n) is 8.27. The van der Waals surface area contributed by atoms with Crippen molar-refractivity contribution in [1.82, 2.24) is 5.32 Å². The maximum absolute atomic E-state index is 12.3. The molecule has 1 unspecified atom stereocenters. The standard InChI is InChI=1S/C18H17NO4.C7H15NO2/c20-17(16-11-13-8-4-5-9-15(13)23-16)19-14(18(21)22)10-12-6-2-1-3-7-12;1-5(2)4-6(8)7(9)10-3/h1-9,14,16H,10-11H2,(H,19,20)(H,21,22);5-6H,4,8H2,1-3H3/t14-,16?;6-/m00/s1. The van der Waals surface area contributed by atoms with E-state index in [2.05, 4.69) is 10.1 Å². The van der Waals surface area contributed by atoms with E-state index in [0.717, 1.165) is 11.1 Å². The number of hydrogen-bond donors (Lipinski definition) is 3. The van der Waals surface area contributed by atoms with Crippen LogP contribution < -0.4 is 15.8 Å². The van der Waals surface area contributed by atoms with Crippen LogP contribution in [0, 0.1) is 5.92 Å². The lowest BCUT2D eigenvalue weighted by atomic mass is 10.1. The number of hydrogen-bond acceptors (Lipinski definition) is 6. The molecule has 0 spiro atoms. The summed E-state index contributed by atoms with van der Waals surface area (Å²) in [6.45, 7) is 4.03. The highest BCUT2D eigenvalue weighted by Crippen LogP contribution is 2.28. The van der Waals surface area contributed by atoms with E-state index in [9.17, 15) is 19.5 Å². The zero-order valence-electron chi connectivity index (χ0n) is 19.2. The van der Waals surface area contributed by atoms with E-state index in [4.69, 9.17) is 10.5 Å². The monoisotopic (exact) mass is 456 g/mol. The molecule has 0 bridgehead atoms. The number of nitrogens with one attached hydrogen (secondary N) is 1. The molecule has 0 aromatic heterocycles. The van der Waals surface area contributed by atoms with E-state index in [1.165, 1.54) is 7.11 Å². The average Bonchev–Trinajstić information content (AvgIpc) is 3.23. The third-order valence-corrected chi connectivity index (χ3v) is 5.07. The van der Waals surface area contributed by atoms with Gasteiger partial charge in [-0.3, -0.25) is 9.59 Å². The lowest BCUT2D eigenvalue weighted by Gasteiger charge is -2.17. The van der Waals surface area contributed by atoms with Gasteiger partial charge in [-0.25, -0.2) is 4.79 Å². The molecular formula is C25H32N2O6. The summed E-state index contributed by atoms with van der Waals surface area (Å²) >= 11 is 0. The number of benzene rings is 2. The summed E-state index contributed by atoms with van der Waals surface area (Å²) in [4.78, 5) is 34.4. The molecule has 3 atom stereocenters. The molecule has 8 heteroatoms. The fourth-order valence-electron chi connectivity index (χ4n) is 3.40. The second-order valence-corrected chi connectivity index (χ2v) is 8.27. The molecule has 8 nitrogen and oxygen atoms in total. The van der Waals surface area contributed by atoms with Gasteiger partial charge in [0.25, 0.3) is 5.91 Å². The Balaban J connectivity index is 0.000000328. The molecular weight excluding hydrogens is 424 g/mol. The first-order chi connectivity index (χ1) is 15.7. The van der Waals surface area contributed by atoms with Crippen LogP contribution in [0.15, 0.2) is 54.6 Å². The quantitative estimate of drug-likeness (QED) is 0.520. The molecule has 33 heavy (non-hydrogen) atoms. The molecule has 0 aliphatic carbocycles. The summed E-state index contributed by atoms with van der Waals surface area (Å²) in [5.74, 6) is -0.660. The van der Waals surface area contributed by atoms with Crippen molar-refractivity contribution < 1.29 is 29.0 Å². The van der Waals surface area contributed by atoms with Gasteiger partial charge in [-0.15, -0.1) is 0 Å². The van der Waals surface area contributed by atoms with Gasteiger partial charge in [0.2, 0.25) is 0 Å². The van der Waals surface area contributed by atoms with Gasteiger partial charge >= 0.3 is 11.9 Å². The normalized spacial score (nSPS) is 15.8. The Labute approximate surface area is 194 Å². The van der Waals surface area contributed by atoms with Crippen LogP contribution in [-0.2, 0) is 32.0 Å². The first kappa shape index (κ1) is 25.9. The molecule has 1 heterocycles. The SMILES string of the molecule is COC(=O)[C@@H](N)CC(C)C.O=C(N[C@@H](Cc1ccccc1)C(=O)O)C1Cc2ccccc2O1. The Bertz CT molecular complexity index is 907. The van der Waals surface area contributed by atoms with Crippen molar-refractivity contribution in [1.29, 1.82) is 0 Å². The van der Waals surface area contributed by atoms with Crippen LogP contribution in [0.4, 0.5) is 0 Å². The third kappa shape index (κ3) is 8.23. The van der Waals surface area contributed by atoms with Crippen molar-refractivity contribution in [2.24, 2.45) is 11.7 Å². The molecule has 178 valence electrons. The highest BCUT2D eigenvalue weighted by Gasteiger charge is 2.31. The van der Waals surface area contributed by atoms with E-state index >= 15 is 0 Å². The van der Waals surface area contributed by atoms with E-state index in [0.29, 0.717) is 24.5 Å². The number of fused-ring (bicyclic) bond motifs is 1. The van der Waals surface area contributed by atoms with Crippen LogP contribution in [0.5, 0.6) is 5.75 Å². The lowest BCUT2D eigenvalue weighted by molar-refractivity contribution is -0.143. The molecule has 0 saturated carbocycles. The van der Waals surface area contributed by atoms with Gasteiger partial charge in [0.05, 0.1) is 7.11 Å². The Hall–Kier alpha value is -3.39. The fourth-order valence-corrected chi connectivity index (χ4v) is 3.40. The molecule has 4 N–H and O–H groups in total. The molecule has 0 fully saturated rings. The van der Waals surface area contributed by atoms with Crippen molar-refractivity contribution >= 4 is 17.8 Å².